The third kappa shape index (κ3) is 2.34. The molecule has 1 aliphatic rings. The van der Waals surface area contributed by atoms with Crippen LogP contribution in [-0.4, -0.2) is 12.3 Å². The molecule has 0 spiro atoms. The second-order valence-corrected chi connectivity index (χ2v) is 5.61. The Labute approximate surface area is 119 Å². The Bertz CT molecular complexity index is 660. The number of carbonyl (C=O) groups excluding carboxylic acids is 1. The molecule has 1 unspecified atom stereocenters. The Balaban J connectivity index is 1.81. The summed E-state index contributed by atoms with van der Waals surface area (Å²) in [6.45, 7) is 4.93. The number of benzene rings is 2. The van der Waals surface area contributed by atoms with Crippen LogP contribution in [0.25, 0.3) is 0 Å². The van der Waals surface area contributed by atoms with Crippen molar-refractivity contribution in [3.63, 3.8) is 0 Å². The zero-order valence-corrected chi connectivity index (χ0v) is 11.9. The second kappa shape index (κ2) is 5.12. The van der Waals surface area contributed by atoms with Crippen LogP contribution in [0.5, 0.6) is 0 Å². The van der Waals surface area contributed by atoms with Crippen LogP contribution < -0.4 is 5.32 Å². The number of anilines is 1. The lowest BCUT2D eigenvalue weighted by Crippen LogP contribution is -2.10. The minimum atomic E-state index is 0.242. The van der Waals surface area contributed by atoms with Crippen LogP contribution >= 0.6 is 0 Å². The highest BCUT2D eigenvalue weighted by molar-refractivity contribution is 5.98. The van der Waals surface area contributed by atoms with Gasteiger partial charge in [0.25, 0.3) is 0 Å². The average Bonchev–Trinajstić information content (AvgIpc) is 2.82. The first kappa shape index (κ1) is 12.9. The van der Waals surface area contributed by atoms with Gasteiger partial charge in [0, 0.05) is 30.1 Å². The number of Topliss-reactive ketones (excluding diaryl/α,β-unsaturated/α-hetero) is 1. The van der Waals surface area contributed by atoms with Crippen molar-refractivity contribution in [3.05, 3.63) is 64.7 Å². The predicted molar refractivity (Wildman–Crippen MR) is 82.5 cm³/mol. The molecule has 0 amide bonds. The molecule has 1 N–H and O–H groups in total. The number of fused-ring (bicyclic) bond motifs is 1. The van der Waals surface area contributed by atoms with E-state index in [1.165, 1.54) is 16.8 Å². The van der Waals surface area contributed by atoms with E-state index in [2.05, 4.69) is 30.4 Å². The maximum Gasteiger partial charge on any atom is 0.163 e. The minimum absolute atomic E-state index is 0.242. The lowest BCUT2D eigenvalue weighted by atomic mass is 9.91. The molecule has 0 aromatic heterocycles. The van der Waals surface area contributed by atoms with Crippen molar-refractivity contribution in [2.75, 3.05) is 11.9 Å². The van der Waals surface area contributed by atoms with Gasteiger partial charge in [0.15, 0.2) is 5.78 Å². The Morgan fingerprint density at radius 1 is 1.20 bits per heavy atom. The molecule has 0 radical (unpaired) electrons. The van der Waals surface area contributed by atoms with Crippen molar-refractivity contribution in [3.8, 4) is 0 Å². The molecule has 1 heterocycles. The number of hydrogen-bond donors (Lipinski definition) is 1. The molecule has 1 atom stereocenters. The van der Waals surface area contributed by atoms with Crippen LogP contribution in [0.2, 0.25) is 0 Å². The van der Waals surface area contributed by atoms with E-state index in [4.69, 9.17) is 0 Å². The van der Waals surface area contributed by atoms with Crippen molar-refractivity contribution >= 4 is 11.5 Å². The van der Waals surface area contributed by atoms with E-state index in [1.54, 1.807) is 0 Å². The molecular weight excluding hydrogens is 246 g/mol. The Hall–Kier alpha value is -2.09. The van der Waals surface area contributed by atoms with Crippen LogP contribution in [-0.2, 0) is 0 Å². The lowest BCUT2D eigenvalue weighted by molar-refractivity contribution is 0.0975. The fourth-order valence-corrected chi connectivity index (χ4v) is 3.00. The molecule has 2 aromatic carbocycles. The molecule has 1 aliphatic heterocycles. The number of rotatable bonds is 3. The predicted octanol–water partition coefficient (Wildman–Crippen LogP) is 4.09. The number of hydrogen-bond acceptors (Lipinski definition) is 2. The third-order valence-electron chi connectivity index (χ3n) is 4.05. The van der Waals surface area contributed by atoms with E-state index in [-0.39, 0.29) is 5.78 Å². The third-order valence-corrected chi connectivity index (χ3v) is 4.05. The van der Waals surface area contributed by atoms with Gasteiger partial charge in [-0.15, -0.1) is 0 Å². The highest BCUT2D eigenvalue weighted by atomic mass is 16.1. The SMILES string of the molecule is Cc1ccc(C(=O)CC2CNc3ccccc32)c(C)c1. The maximum absolute atomic E-state index is 12.5. The quantitative estimate of drug-likeness (QED) is 0.847. The topological polar surface area (TPSA) is 29.1 Å². The minimum Gasteiger partial charge on any atom is -0.384 e. The molecule has 3 rings (SSSR count). The Morgan fingerprint density at radius 2 is 2.00 bits per heavy atom. The fraction of sp³-hybridized carbons (Fsp3) is 0.278. The molecule has 2 nitrogen and oxygen atoms in total. The number of carbonyl (C=O) groups is 1. The molecule has 0 aliphatic carbocycles. The number of ketones is 1. The monoisotopic (exact) mass is 265 g/mol. The van der Waals surface area contributed by atoms with E-state index in [0.29, 0.717) is 12.3 Å². The van der Waals surface area contributed by atoms with E-state index < -0.39 is 0 Å². The van der Waals surface area contributed by atoms with Gasteiger partial charge < -0.3 is 5.32 Å². The lowest BCUT2D eigenvalue weighted by Gasteiger charge is -2.11. The summed E-state index contributed by atoms with van der Waals surface area (Å²) in [5.41, 5.74) is 5.58. The van der Waals surface area contributed by atoms with Gasteiger partial charge >= 0.3 is 0 Å². The van der Waals surface area contributed by atoms with Gasteiger partial charge in [0.05, 0.1) is 0 Å². The summed E-state index contributed by atoms with van der Waals surface area (Å²) in [5.74, 6) is 0.533. The van der Waals surface area contributed by atoms with Gasteiger partial charge in [-0.2, -0.15) is 0 Å². The first-order valence-electron chi connectivity index (χ1n) is 7.08. The summed E-state index contributed by atoms with van der Waals surface area (Å²) in [6, 6.07) is 14.3. The largest absolute Gasteiger partial charge is 0.384 e. The highest BCUT2D eigenvalue weighted by Crippen LogP contribution is 2.34. The normalized spacial score (nSPS) is 16.6. The highest BCUT2D eigenvalue weighted by Gasteiger charge is 2.24. The molecule has 2 aromatic rings. The van der Waals surface area contributed by atoms with Crippen molar-refractivity contribution in [2.24, 2.45) is 0 Å². The van der Waals surface area contributed by atoms with Crippen LogP contribution in [0.4, 0.5) is 5.69 Å². The first-order chi connectivity index (χ1) is 9.65. The van der Waals surface area contributed by atoms with E-state index >= 15 is 0 Å². The second-order valence-electron chi connectivity index (χ2n) is 5.61. The maximum atomic E-state index is 12.5. The zero-order chi connectivity index (χ0) is 14.1. The van der Waals surface area contributed by atoms with E-state index in [1.807, 2.05) is 31.2 Å². The molecule has 2 heteroatoms. The summed E-state index contributed by atoms with van der Waals surface area (Å²) >= 11 is 0. The Morgan fingerprint density at radius 3 is 2.80 bits per heavy atom. The zero-order valence-electron chi connectivity index (χ0n) is 11.9. The molecular formula is C18H19NO. The van der Waals surface area contributed by atoms with Crippen molar-refractivity contribution < 1.29 is 4.79 Å². The van der Waals surface area contributed by atoms with Crippen molar-refractivity contribution in [1.82, 2.24) is 0 Å². The van der Waals surface area contributed by atoms with Crippen LogP contribution in [0, 0.1) is 13.8 Å². The van der Waals surface area contributed by atoms with E-state index in [9.17, 15) is 4.79 Å². The van der Waals surface area contributed by atoms with Gasteiger partial charge in [-0.05, 0) is 31.0 Å². The summed E-state index contributed by atoms with van der Waals surface area (Å²) in [6.07, 6.45) is 0.577. The van der Waals surface area contributed by atoms with Gasteiger partial charge in [-0.3, -0.25) is 4.79 Å². The molecule has 0 saturated carbocycles. The molecule has 0 fully saturated rings. The number of nitrogens with one attached hydrogen (secondary N) is 1. The summed E-state index contributed by atoms with van der Waals surface area (Å²) in [4.78, 5) is 12.5. The molecule has 0 bridgehead atoms. The van der Waals surface area contributed by atoms with Crippen molar-refractivity contribution in [1.29, 1.82) is 0 Å². The fourth-order valence-electron chi connectivity index (χ4n) is 3.00. The first-order valence-corrected chi connectivity index (χ1v) is 7.08. The van der Waals surface area contributed by atoms with Gasteiger partial charge in [-0.1, -0.05) is 42.0 Å². The average molecular weight is 265 g/mol. The molecule has 20 heavy (non-hydrogen) atoms. The van der Waals surface area contributed by atoms with Gasteiger partial charge in [0.2, 0.25) is 0 Å². The summed E-state index contributed by atoms with van der Waals surface area (Å²) in [5, 5.41) is 3.38. The van der Waals surface area contributed by atoms with Crippen molar-refractivity contribution in [2.45, 2.75) is 26.2 Å². The summed E-state index contributed by atoms with van der Waals surface area (Å²) in [7, 11) is 0. The van der Waals surface area contributed by atoms with Gasteiger partial charge in [0.1, 0.15) is 0 Å². The van der Waals surface area contributed by atoms with Gasteiger partial charge in [-0.25, -0.2) is 0 Å². The molecule has 0 saturated heterocycles. The Kier molecular flexibility index (Phi) is 3.31. The number of para-hydroxylation sites is 1. The smallest absolute Gasteiger partial charge is 0.163 e. The summed E-state index contributed by atoms with van der Waals surface area (Å²) < 4.78 is 0. The van der Waals surface area contributed by atoms with E-state index in [0.717, 1.165) is 17.7 Å². The van der Waals surface area contributed by atoms with Crippen LogP contribution in [0.3, 0.4) is 0 Å². The van der Waals surface area contributed by atoms with Crippen LogP contribution in [0.1, 0.15) is 39.4 Å². The molecule has 102 valence electrons. The van der Waals surface area contributed by atoms with Crippen LogP contribution in [0.15, 0.2) is 42.5 Å². The standard InChI is InChI=1S/C18H19NO/c1-12-7-8-15(13(2)9-12)18(20)10-14-11-19-17-6-4-3-5-16(14)17/h3-9,14,19H,10-11H2,1-2H3. The number of aryl methyl sites for hydroxylation is 2.